The van der Waals surface area contributed by atoms with Crippen LogP contribution in [0.5, 0.6) is 5.75 Å². The van der Waals surface area contributed by atoms with Gasteiger partial charge in [0.15, 0.2) is 0 Å². The monoisotopic (exact) mass is 388 g/mol. The molecule has 0 bridgehead atoms. The Balaban J connectivity index is 2.28. The molecule has 0 amide bonds. The highest BCUT2D eigenvalue weighted by atomic mass is 79.9. The fraction of sp³-hybridized carbons (Fsp3) is 0.200. The van der Waals surface area contributed by atoms with Crippen LogP contribution in [0.3, 0.4) is 0 Å². The Kier molecular flexibility index (Phi) is 5.90. The first-order valence-corrected chi connectivity index (χ1v) is 7.84. The van der Waals surface area contributed by atoms with Gasteiger partial charge in [-0.2, -0.15) is 0 Å². The first-order valence-electron chi connectivity index (χ1n) is 6.29. The van der Waals surface area contributed by atoms with Crippen molar-refractivity contribution in [2.45, 2.75) is 12.5 Å². The highest BCUT2D eigenvalue weighted by Gasteiger charge is 2.15. The predicted molar refractivity (Wildman–Crippen MR) is 90.9 cm³/mol. The van der Waals surface area contributed by atoms with Crippen LogP contribution in [0.2, 0.25) is 10.0 Å². The second-order valence-electron chi connectivity index (χ2n) is 4.53. The Morgan fingerprint density at radius 1 is 1.29 bits per heavy atom. The molecule has 1 unspecified atom stereocenters. The molecule has 2 aromatic rings. The van der Waals surface area contributed by atoms with Gasteiger partial charge in [0.05, 0.1) is 27.7 Å². The van der Waals surface area contributed by atoms with Gasteiger partial charge < -0.3 is 4.74 Å². The fourth-order valence-corrected chi connectivity index (χ4v) is 3.05. The highest BCUT2D eigenvalue weighted by molar-refractivity contribution is 9.10. The van der Waals surface area contributed by atoms with Gasteiger partial charge >= 0.3 is 0 Å². The Morgan fingerprint density at radius 2 is 2.05 bits per heavy atom. The first-order chi connectivity index (χ1) is 10.1. The molecular weight excluding hydrogens is 375 g/mol. The van der Waals surface area contributed by atoms with E-state index in [1.165, 1.54) is 0 Å². The minimum Gasteiger partial charge on any atom is -0.496 e. The van der Waals surface area contributed by atoms with E-state index in [1.54, 1.807) is 13.2 Å². The molecule has 0 radical (unpaired) electrons. The van der Waals surface area contributed by atoms with Gasteiger partial charge in [0.1, 0.15) is 5.75 Å². The fourth-order valence-electron chi connectivity index (χ4n) is 2.10. The third-order valence-electron chi connectivity index (χ3n) is 3.24. The molecule has 6 heteroatoms. The molecule has 0 saturated heterocycles. The summed E-state index contributed by atoms with van der Waals surface area (Å²) in [6, 6.07) is 11.3. The molecule has 0 heterocycles. The van der Waals surface area contributed by atoms with Crippen molar-refractivity contribution in [2.24, 2.45) is 5.84 Å². The quantitative estimate of drug-likeness (QED) is 0.584. The van der Waals surface area contributed by atoms with Crippen LogP contribution in [0, 0.1) is 0 Å². The van der Waals surface area contributed by atoms with Crippen molar-refractivity contribution < 1.29 is 4.74 Å². The molecule has 0 aromatic heterocycles. The molecule has 112 valence electrons. The molecular formula is C15H15BrCl2N2O. The molecule has 0 fully saturated rings. The van der Waals surface area contributed by atoms with Gasteiger partial charge in [-0.1, -0.05) is 41.4 Å². The normalized spacial score (nSPS) is 12.2. The van der Waals surface area contributed by atoms with Gasteiger partial charge in [-0.05, 0) is 51.7 Å². The number of nitrogens with one attached hydrogen (secondary N) is 1. The van der Waals surface area contributed by atoms with E-state index < -0.39 is 0 Å². The number of ether oxygens (including phenoxy) is 1. The van der Waals surface area contributed by atoms with Crippen LogP contribution in [-0.2, 0) is 6.42 Å². The summed E-state index contributed by atoms with van der Waals surface area (Å²) in [7, 11) is 1.63. The number of halogens is 3. The van der Waals surface area contributed by atoms with Gasteiger partial charge in [0.25, 0.3) is 0 Å². The maximum atomic E-state index is 6.23. The predicted octanol–water partition coefficient (Wildman–Crippen LogP) is 4.51. The van der Waals surface area contributed by atoms with Crippen LogP contribution in [0.1, 0.15) is 17.2 Å². The van der Waals surface area contributed by atoms with Crippen LogP contribution >= 0.6 is 39.1 Å². The minimum absolute atomic E-state index is 0.0804. The SMILES string of the molecule is COc1ccc(C(Cc2cccc(Cl)c2Cl)NN)cc1Br. The van der Waals surface area contributed by atoms with Crippen molar-refractivity contribution in [1.29, 1.82) is 0 Å². The summed E-state index contributed by atoms with van der Waals surface area (Å²) in [5, 5.41) is 1.10. The van der Waals surface area contributed by atoms with E-state index in [2.05, 4.69) is 21.4 Å². The van der Waals surface area contributed by atoms with E-state index in [1.807, 2.05) is 30.3 Å². The maximum absolute atomic E-state index is 6.23. The van der Waals surface area contributed by atoms with E-state index in [-0.39, 0.29) is 6.04 Å². The van der Waals surface area contributed by atoms with E-state index in [0.29, 0.717) is 16.5 Å². The molecule has 0 aliphatic rings. The van der Waals surface area contributed by atoms with Crippen LogP contribution < -0.4 is 16.0 Å². The third kappa shape index (κ3) is 3.90. The number of methoxy groups -OCH3 is 1. The van der Waals surface area contributed by atoms with Gasteiger partial charge in [-0.25, -0.2) is 0 Å². The Morgan fingerprint density at radius 3 is 2.67 bits per heavy atom. The molecule has 0 spiro atoms. The van der Waals surface area contributed by atoms with E-state index in [9.17, 15) is 0 Å². The Hall–Kier alpha value is -0.780. The van der Waals surface area contributed by atoms with Crippen LogP contribution in [0.25, 0.3) is 0 Å². The highest BCUT2D eigenvalue weighted by Crippen LogP contribution is 2.32. The van der Waals surface area contributed by atoms with Crippen molar-refractivity contribution >= 4 is 39.1 Å². The standard InChI is InChI=1S/C15H15BrCl2N2O/c1-21-14-6-5-9(7-11(14)16)13(20-19)8-10-3-2-4-12(17)15(10)18/h2-7,13,20H,8,19H2,1H3. The number of hydrazine groups is 1. The summed E-state index contributed by atoms with van der Waals surface area (Å²) in [5.41, 5.74) is 4.79. The molecule has 1 atom stereocenters. The van der Waals surface area contributed by atoms with Gasteiger partial charge in [0, 0.05) is 0 Å². The van der Waals surface area contributed by atoms with Gasteiger partial charge in [-0.15, -0.1) is 0 Å². The summed E-state index contributed by atoms with van der Waals surface area (Å²) in [5.74, 6) is 6.46. The largest absolute Gasteiger partial charge is 0.496 e. The molecule has 0 aliphatic carbocycles. The van der Waals surface area contributed by atoms with Crippen molar-refractivity contribution in [3.8, 4) is 5.75 Å². The topological polar surface area (TPSA) is 47.3 Å². The molecule has 3 N–H and O–H groups in total. The lowest BCUT2D eigenvalue weighted by Crippen LogP contribution is -2.29. The smallest absolute Gasteiger partial charge is 0.133 e. The zero-order valence-electron chi connectivity index (χ0n) is 11.4. The lowest BCUT2D eigenvalue weighted by molar-refractivity contribution is 0.411. The minimum atomic E-state index is -0.0804. The van der Waals surface area contributed by atoms with Crippen molar-refractivity contribution in [3.63, 3.8) is 0 Å². The summed E-state index contributed by atoms with van der Waals surface area (Å²) < 4.78 is 6.10. The Labute approximate surface area is 142 Å². The Bertz CT molecular complexity index is 637. The zero-order valence-corrected chi connectivity index (χ0v) is 14.5. The zero-order chi connectivity index (χ0) is 15.4. The van der Waals surface area contributed by atoms with Crippen LogP contribution in [0.15, 0.2) is 40.9 Å². The number of benzene rings is 2. The van der Waals surface area contributed by atoms with Crippen molar-refractivity contribution in [3.05, 3.63) is 62.0 Å². The van der Waals surface area contributed by atoms with Gasteiger partial charge in [-0.3, -0.25) is 11.3 Å². The van der Waals surface area contributed by atoms with Crippen molar-refractivity contribution in [1.82, 2.24) is 5.43 Å². The summed E-state index contributed by atoms with van der Waals surface area (Å²) in [4.78, 5) is 0. The molecule has 21 heavy (non-hydrogen) atoms. The lowest BCUT2D eigenvalue weighted by Gasteiger charge is -2.18. The van der Waals surface area contributed by atoms with Crippen LogP contribution in [-0.4, -0.2) is 7.11 Å². The number of nitrogens with two attached hydrogens (primary N) is 1. The first kappa shape index (κ1) is 16.6. The van der Waals surface area contributed by atoms with Gasteiger partial charge in [0.2, 0.25) is 0 Å². The average molecular weight is 390 g/mol. The molecule has 2 aromatic carbocycles. The number of hydrogen-bond donors (Lipinski definition) is 2. The average Bonchev–Trinajstić information content (AvgIpc) is 2.48. The lowest BCUT2D eigenvalue weighted by atomic mass is 9.99. The molecule has 0 aliphatic heterocycles. The van der Waals surface area contributed by atoms with E-state index in [0.717, 1.165) is 21.3 Å². The summed E-state index contributed by atoms with van der Waals surface area (Å²) in [6.45, 7) is 0. The molecule has 0 saturated carbocycles. The van der Waals surface area contributed by atoms with E-state index >= 15 is 0 Å². The van der Waals surface area contributed by atoms with Crippen molar-refractivity contribution in [2.75, 3.05) is 7.11 Å². The van der Waals surface area contributed by atoms with E-state index in [4.69, 9.17) is 33.8 Å². The molecule has 3 nitrogen and oxygen atoms in total. The second kappa shape index (κ2) is 7.47. The summed E-state index contributed by atoms with van der Waals surface area (Å²) in [6.07, 6.45) is 0.634. The van der Waals surface area contributed by atoms with Crippen LogP contribution in [0.4, 0.5) is 0 Å². The summed E-state index contributed by atoms with van der Waals surface area (Å²) >= 11 is 15.8. The number of rotatable bonds is 5. The third-order valence-corrected chi connectivity index (χ3v) is 4.71. The maximum Gasteiger partial charge on any atom is 0.133 e. The second-order valence-corrected chi connectivity index (χ2v) is 6.17. The molecule has 2 rings (SSSR count). The number of hydrogen-bond acceptors (Lipinski definition) is 3.